The Kier molecular flexibility index (Phi) is 6.62. The highest BCUT2D eigenvalue weighted by molar-refractivity contribution is 5.87. The van der Waals surface area contributed by atoms with Crippen LogP contribution in [-0.4, -0.2) is 19.7 Å². The van der Waals surface area contributed by atoms with Gasteiger partial charge < -0.3 is 9.47 Å². The zero-order valence-electron chi connectivity index (χ0n) is 20.6. The molecule has 0 unspecified atom stereocenters. The fourth-order valence-electron chi connectivity index (χ4n) is 7.82. The number of hydrogen-bond donors (Lipinski definition) is 0. The number of halogens is 1. The van der Waals surface area contributed by atoms with E-state index in [9.17, 15) is 4.79 Å². The van der Waals surface area contributed by atoms with Gasteiger partial charge in [-0.3, -0.25) is 0 Å². The standard InChI is InChI=1S/C28H41FO3/c1-6-8-9-18-16-19-17-20(31-5)12-14-27(19,3)22-13-15-28(4)21(24(18)22)10-11-23(28)25(29)26(30)32-7-2/h16-18,21-22,24H,6-15H2,1-5H3/t18-,21-,22-,24-,27-,28-/m0/s1. The van der Waals surface area contributed by atoms with E-state index in [1.54, 1.807) is 14.0 Å². The third-order valence-corrected chi connectivity index (χ3v) is 9.56. The van der Waals surface area contributed by atoms with Crippen molar-refractivity contribution >= 4 is 5.97 Å². The smallest absolute Gasteiger partial charge is 0.367 e. The van der Waals surface area contributed by atoms with E-state index in [0.717, 1.165) is 43.4 Å². The minimum Gasteiger partial charge on any atom is -0.501 e. The van der Waals surface area contributed by atoms with Gasteiger partial charge in [-0.2, -0.15) is 4.39 Å². The number of allylic oxidation sites excluding steroid dienone is 5. The van der Waals surface area contributed by atoms with Gasteiger partial charge in [0.2, 0.25) is 5.83 Å². The summed E-state index contributed by atoms with van der Waals surface area (Å²) in [5.41, 5.74) is 2.15. The van der Waals surface area contributed by atoms with E-state index in [0.29, 0.717) is 30.1 Å². The predicted molar refractivity (Wildman–Crippen MR) is 125 cm³/mol. The predicted octanol–water partition coefficient (Wildman–Crippen LogP) is 7.29. The topological polar surface area (TPSA) is 35.5 Å². The van der Waals surface area contributed by atoms with Gasteiger partial charge >= 0.3 is 5.97 Å². The molecular weight excluding hydrogens is 403 g/mol. The van der Waals surface area contributed by atoms with E-state index in [-0.39, 0.29) is 17.4 Å². The van der Waals surface area contributed by atoms with Crippen LogP contribution in [0.15, 0.2) is 34.9 Å². The molecule has 6 atom stereocenters. The van der Waals surface area contributed by atoms with Crippen LogP contribution < -0.4 is 0 Å². The molecule has 2 fully saturated rings. The number of fused-ring (bicyclic) bond motifs is 5. The minimum atomic E-state index is -0.767. The van der Waals surface area contributed by atoms with Crippen LogP contribution in [0, 0.1) is 34.5 Å². The molecule has 0 radical (unpaired) electrons. The van der Waals surface area contributed by atoms with Crippen LogP contribution in [0.5, 0.6) is 0 Å². The molecular formula is C28H41FO3. The summed E-state index contributed by atoms with van der Waals surface area (Å²) in [7, 11) is 1.78. The Labute approximate surface area is 193 Å². The van der Waals surface area contributed by atoms with Crippen molar-refractivity contribution in [3.05, 3.63) is 34.9 Å². The summed E-state index contributed by atoms with van der Waals surface area (Å²) in [6.45, 7) is 8.91. The van der Waals surface area contributed by atoms with Crippen molar-refractivity contribution in [1.29, 1.82) is 0 Å². The normalized spacial score (nSPS) is 39.8. The maximum atomic E-state index is 15.2. The van der Waals surface area contributed by atoms with Crippen LogP contribution in [0.25, 0.3) is 0 Å². The summed E-state index contributed by atoms with van der Waals surface area (Å²) in [5, 5.41) is 0. The molecule has 4 heteroatoms. The summed E-state index contributed by atoms with van der Waals surface area (Å²) in [6, 6.07) is 0. The number of unbranched alkanes of at least 4 members (excludes halogenated alkanes) is 1. The number of ether oxygens (including phenoxy) is 2. The second kappa shape index (κ2) is 8.99. The van der Waals surface area contributed by atoms with Crippen molar-refractivity contribution in [2.24, 2.45) is 34.5 Å². The van der Waals surface area contributed by atoms with Gasteiger partial charge in [0.15, 0.2) is 0 Å². The first-order valence-corrected chi connectivity index (χ1v) is 12.8. The van der Waals surface area contributed by atoms with Crippen LogP contribution in [0.1, 0.15) is 85.5 Å². The first kappa shape index (κ1) is 23.6. The molecule has 0 aromatic heterocycles. The van der Waals surface area contributed by atoms with E-state index in [2.05, 4.69) is 32.9 Å². The third kappa shape index (κ3) is 3.66. The first-order chi connectivity index (χ1) is 15.3. The highest BCUT2D eigenvalue weighted by Crippen LogP contribution is 2.67. The summed E-state index contributed by atoms with van der Waals surface area (Å²) in [5.74, 6) is 1.84. The Morgan fingerprint density at radius 1 is 1.12 bits per heavy atom. The minimum absolute atomic E-state index is 0.170. The first-order valence-electron chi connectivity index (χ1n) is 12.8. The van der Waals surface area contributed by atoms with E-state index < -0.39 is 11.8 Å². The van der Waals surface area contributed by atoms with Crippen molar-refractivity contribution in [2.45, 2.75) is 85.5 Å². The number of esters is 1. The van der Waals surface area contributed by atoms with Crippen LogP contribution in [0.4, 0.5) is 4.39 Å². The van der Waals surface area contributed by atoms with Gasteiger partial charge in [-0.15, -0.1) is 0 Å². The van der Waals surface area contributed by atoms with Crippen molar-refractivity contribution in [2.75, 3.05) is 13.7 Å². The van der Waals surface area contributed by atoms with Gasteiger partial charge in [-0.25, -0.2) is 4.79 Å². The Bertz CT molecular complexity index is 840. The maximum absolute atomic E-state index is 15.2. The molecule has 32 heavy (non-hydrogen) atoms. The maximum Gasteiger partial charge on any atom is 0.367 e. The summed E-state index contributed by atoms with van der Waals surface area (Å²) < 4.78 is 25.9. The average Bonchev–Trinajstić information content (AvgIpc) is 3.13. The van der Waals surface area contributed by atoms with Gasteiger partial charge in [0.25, 0.3) is 0 Å². The molecule has 178 valence electrons. The molecule has 4 rings (SSSR count). The second-order valence-electron chi connectivity index (χ2n) is 11.0. The Balaban J connectivity index is 1.74. The average molecular weight is 445 g/mol. The van der Waals surface area contributed by atoms with Crippen molar-refractivity contribution in [3.63, 3.8) is 0 Å². The van der Waals surface area contributed by atoms with Crippen molar-refractivity contribution < 1.29 is 18.7 Å². The van der Waals surface area contributed by atoms with Crippen molar-refractivity contribution in [3.8, 4) is 0 Å². The summed E-state index contributed by atoms with van der Waals surface area (Å²) in [4.78, 5) is 12.3. The molecule has 0 aromatic rings. The molecule has 3 nitrogen and oxygen atoms in total. The molecule has 0 bridgehead atoms. The van der Waals surface area contributed by atoms with E-state index in [1.807, 2.05) is 0 Å². The Morgan fingerprint density at radius 2 is 1.88 bits per heavy atom. The zero-order chi connectivity index (χ0) is 23.1. The van der Waals surface area contributed by atoms with Crippen LogP contribution in [0.2, 0.25) is 0 Å². The Morgan fingerprint density at radius 3 is 2.56 bits per heavy atom. The Hall–Kier alpha value is -1.58. The molecule has 4 aliphatic rings. The summed E-state index contributed by atoms with van der Waals surface area (Å²) >= 11 is 0. The van der Waals surface area contributed by atoms with E-state index >= 15 is 4.39 Å². The lowest BCUT2D eigenvalue weighted by Crippen LogP contribution is -2.51. The lowest BCUT2D eigenvalue weighted by molar-refractivity contribution is -0.140. The van der Waals surface area contributed by atoms with Gasteiger partial charge in [-0.1, -0.05) is 39.7 Å². The van der Waals surface area contributed by atoms with Gasteiger partial charge in [0.1, 0.15) is 0 Å². The van der Waals surface area contributed by atoms with Crippen LogP contribution in [0.3, 0.4) is 0 Å². The molecule has 0 heterocycles. The number of methoxy groups -OCH3 is 1. The number of carbonyl (C=O) groups is 1. The lowest BCUT2D eigenvalue weighted by atomic mass is 9.46. The van der Waals surface area contributed by atoms with E-state index in [1.165, 1.54) is 24.8 Å². The van der Waals surface area contributed by atoms with Crippen molar-refractivity contribution in [1.82, 2.24) is 0 Å². The van der Waals surface area contributed by atoms with Crippen LogP contribution in [-0.2, 0) is 14.3 Å². The quantitative estimate of drug-likeness (QED) is 0.319. The highest BCUT2D eigenvalue weighted by Gasteiger charge is 2.59. The summed E-state index contributed by atoms with van der Waals surface area (Å²) in [6.07, 6.45) is 14.3. The number of hydrogen-bond acceptors (Lipinski definition) is 3. The van der Waals surface area contributed by atoms with Gasteiger partial charge in [-0.05, 0) is 97.2 Å². The molecule has 0 saturated heterocycles. The lowest BCUT2D eigenvalue weighted by Gasteiger charge is -2.58. The highest BCUT2D eigenvalue weighted by atomic mass is 19.1. The molecule has 0 spiro atoms. The molecule has 4 aliphatic carbocycles. The number of carbonyl (C=O) groups excluding carboxylic acids is 1. The zero-order valence-corrected chi connectivity index (χ0v) is 20.6. The third-order valence-electron chi connectivity index (χ3n) is 9.56. The fourth-order valence-corrected chi connectivity index (χ4v) is 7.82. The molecule has 0 amide bonds. The van der Waals surface area contributed by atoms with Crippen LogP contribution >= 0.6 is 0 Å². The van der Waals surface area contributed by atoms with Gasteiger partial charge in [0, 0.05) is 6.42 Å². The molecule has 0 aliphatic heterocycles. The monoisotopic (exact) mass is 444 g/mol. The largest absolute Gasteiger partial charge is 0.501 e. The number of rotatable bonds is 6. The molecule has 0 aromatic carbocycles. The SMILES string of the molecule is CCCC[C@H]1C=C2C=C(OC)CC[C@]2(C)[C@H]2CC[C@]3(C)C(=C(F)C(=O)OCC)CC[C@H]3[C@H]12. The molecule has 0 N–H and O–H groups in total. The van der Waals surface area contributed by atoms with Gasteiger partial charge in [0.05, 0.1) is 19.5 Å². The fraction of sp³-hybridized carbons (Fsp3) is 0.750. The molecule has 2 saturated carbocycles. The van der Waals surface area contributed by atoms with E-state index in [4.69, 9.17) is 9.47 Å². The second-order valence-corrected chi connectivity index (χ2v) is 11.0.